The SMILES string of the molecule is COc1ccc([C@@H](NC(=O)c2cc(C)nc3c2cnn3C(C)C)C(C)C)cc1. The van der Waals surface area contributed by atoms with Crippen molar-refractivity contribution in [1.29, 1.82) is 0 Å². The Labute approximate surface area is 165 Å². The van der Waals surface area contributed by atoms with Crippen LogP contribution in [0.3, 0.4) is 0 Å². The van der Waals surface area contributed by atoms with E-state index in [0.717, 1.165) is 28.0 Å². The second kappa shape index (κ2) is 8.00. The van der Waals surface area contributed by atoms with Crippen LogP contribution in [0.25, 0.3) is 11.0 Å². The zero-order valence-electron chi connectivity index (χ0n) is 17.4. The van der Waals surface area contributed by atoms with Gasteiger partial charge in [0.15, 0.2) is 5.65 Å². The Balaban J connectivity index is 1.96. The molecule has 0 saturated carbocycles. The fourth-order valence-electron chi connectivity index (χ4n) is 3.37. The summed E-state index contributed by atoms with van der Waals surface area (Å²) in [4.78, 5) is 17.8. The minimum Gasteiger partial charge on any atom is -0.497 e. The fraction of sp³-hybridized carbons (Fsp3) is 0.409. The third-order valence-electron chi connectivity index (χ3n) is 4.86. The number of hydrogen-bond donors (Lipinski definition) is 1. The Hall–Kier alpha value is -2.89. The van der Waals surface area contributed by atoms with Gasteiger partial charge >= 0.3 is 0 Å². The highest BCUT2D eigenvalue weighted by molar-refractivity contribution is 6.05. The van der Waals surface area contributed by atoms with Crippen LogP contribution >= 0.6 is 0 Å². The lowest BCUT2D eigenvalue weighted by Crippen LogP contribution is -2.32. The second-order valence-electron chi connectivity index (χ2n) is 7.70. The monoisotopic (exact) mass is 380 g/mol. The molecule has 1 aromatic carbocycles. The lowest BCUT2D eigenvalue weighted by Gasteiger charge is -2.23. The first-order valence-corrected chi connectivity index (χ1v) is 9.61. The highest BCUT2D eigenvalue weighted by Crippen LogP contribution is 2.26. The van der Waals surface area contributed by atoms with Crippen molar-refractivity contribution in [3.8, 4) is 5.75 Å². The van der Waals surface area contributed by atoms with Gasteiger partial charge in [0.25, 0.3) is 5.91 Å². The average Bonchev–Trinajstić information content (AvgIpc) is 3.09. The predicted molar refractivity (Wildman–Crippen MR) is 111 cm³/mol. The smallest absolute Gasteiger partial charge is 0.252 e. The van der Waals surface area contributed by atoms with Crippen LogP contribution in [-0.4, -0.2) is 27.8 Å². The van der Waals surface area contributed by atoms with Gasteiger partial charge in [-0.2, -0.15) is 5.10 Å². The highest BCUT2D eigenvalue weighted by Gasteiger charge is 2.22. The van der Waals surface area contributed by atoms with Crippen molar-refractivity contribution in [3.63, 3.8) is 0 Å². The van der Waals surface area contributed by atoms with Crippen LogP contribution in [-0.2, 0) is 0 Å². The van der Waals surface area contributed by atoms with Crippen LogP contribution in [0.4, 0.5) is 0 Å². The summed E-state index contributed by atoms with van der Waals surface area (Å²) in [6, 6.07) is 9.71. The maximum Gasteiger partial charge on any atom is 0.252 e. The number of rotatable bonds is 6. The molecule has 0 aliphatic carbocycles. The molecule has 0 radical (unpaired) electrons. The number of hydrogen-bond acceptors (Lipinski definition) is 4. The number of aryl methyl sites for hydroxylation is 1. The van der Waals surface area contributed by atoms with Crippen molar-refractivity contribution in [2.45, 2.75) is 46.7 Å². The molecule has 0 spiro atoms. The van der Waals surface area contributed by atoms with Gasteiger partial charge in [0.2, 0.25) is 0 Å². The number of carbonyl (C=O) groups excluding carboxylic acids is 1. The molecule has 0 fully saturated rings. The molecule has 0 saturated heterocycles. The van der Waals surface area contributed by atoms with E-state index in [1.807, 2.05) is 41.9 Å². The van der Waals surface area contributed by atoms with E-state index in [-0.39, 0.29) is 23.9 Å². The first-order chi connectivity index (χ1) is 13.3. The normalized spacial score (nSPS) is 12.6. The molecule has 3 rings (SSSR count). The minimum atomic E-state index is -0.117. The van der Waals surface area contributed by atoms with Gasteiger partial charge in [-0.1, -0.05) is 26.0 Å². The molecule has 1 N–H and O–H groups in total. The van der Waals surface area contributed by atoms with E-state index in [1.165, 1.54) is 0 Å². The lowest BCUT2D eigenvalue weighted by molar-refractivity contribution is 0.0927. The van der Waals surface area contributed by atoms with E-state index in [0.29, 0.717) is 5.56 Å². The lowest BCUT2D eigenvalue weighted by atomic mass is 9.95. The van der Waals surface area contributed by atoms with Gasteiger partial charge in [0.05, 0.1) is 30.3 Å². The van der Waals surface area contributed by atoms with Crippen molar-refractivity contribution in [2.24, 2.45) is 5.92 Å². The molecule has 0 aliphatic rings. The van der Waals surface area contributed by atoms with Crippen molar-refractivity contribution < 1.29 is 9.53 Å². The number of fused-ring (bicyclic) bond motifs is 1. The molecule has 148 valence electrons. The van der Waals surface area contributed by atoms with Crippen LogP contribution in [0, 0.1) is 12.8 Å². The Morgan fingerprint density at radius 3 is 2.39 bits per heavy atom. The number of nitrogens with zero attached hydrogens (tertiary/aromatic N) is 3. The number of pyridine rings is 1. The van der Waals surface area contributed by atoms with Gasteiger partial charge in [0.1, 0.15) is 5.75 Å². The maximum absolute atomic E-state index is 13.2. The summed E-state index contributed by atoms with van der Waals surface area (Å²) >= 11 is 0. The quantitative estimate of drug-likeness (QED) is 0.686. The number of methoxy groups -OCH3 is 1. The summed E-state index contributed by atoms with van der Waals surface area (Å²) in [7, 11) is 1.64. The second-order valence-corrected chi connectivity index (χ2v) is 7.70. The molecular formula is C22H28N4O2. The van der Waals surface area contributed by atoms with Crippen molar-refractivity contribution in [2.75, 3.05) is 7.11 Å². The van der Waals surface area contributed by atoms with E-state index < -0.39 is 0 Å². The Bertz CT molecular complexity index is 974. The van der Waals surface area contributed by atoms with Crippen LogP contribution in [0.1, 0.15) is 61.4 Å². The highest BCUT2D eigenvalue weighted by atomic mass is 16.5. The summed E-state index contributed by atoms with van der Waals surface area (Å²) < 4.78 is 7.09. The topological polar surface area (TPSA) is 69.0 Å². The zero-order valence-corrected chi connectivity index (χ0v) is 17.4. The van der Waals surface area contributed by atoms with E-state index in [1.54, 1.807) is 13.3 Å². The molecule has 2 aromatic heterocycles. The number of nitrogens with one attached hydrogen (secondary N) is 1. The third-order valence-corrected chi connectivity index (χ3v) is 4.86. The van der Waals surface area contributed by atoms with E-state index in [9.17, 15) is 4.79 Å². The molecule has 1 amide bonds. The van der Waals surface area contributed by atoms with Crippen molar-refractivity contribution in [3.05, 3.63) is 53.3 Å². The zero-order chi connectivity index (χ0) is 20.4. The van der Waals surface area contributed by atoms with Crippen molar-refractivity contribution in [1.82, 2.24) is 20.1 Å². The number of amides is 1. The summed E-state index contributed by atoms with van der Waals surface area (Å²) in [6.45, 7) is 10.2. The standard InChI is InChI=1S/C22H28N4O2/c1-13(2)20(16-7-9-17(28-6)10-8-16)25-22(27)18-11-15(5)24-21-19(18)12-23-26(21)14(3)4/h7-14,20H,1-6H3,(H,25,27)/t20-/m0/s1. The molecule has 0 unspecified atom stereocenters. The Morgan fingerprint density at radius 1 is 1.14 bits per heavy atom. The van der Waals surface area contributed by atoms with Gasteiger partial charge in [-0.05, 0) is 50.5 Å². The first kappa shape index (κ1) is 19.9. The van der Waals surface area contributed by atoms with Crippen molar-refractivity contribution >= 4 is 16.9 Å². The number of benzene rings is 1. The van der Waals surface area contributed by atoms with Crippen LogP contribution in [0.2, 0.25) is 0 Å². The Morgan fingerprint density at radius 2 is 1.82 bits per heavy atom. The van der Waals surface area contributed by atoms with E-state index in [4.69, 9.17) is 4.74 Å². The molecule has 0 aliphatic heterocycles. The molecule has 6 heteroatoms. The summed E-state index contributed by atoms with van der Waals surface area (Å²) in [5.41, 5.74) is 3.19. The van der Waals surface area contributed by atoms with Gasteiger partial charge in [-0.3, -0.25) is 4.79 Å². The summed E-state index contributed by atoms with van der Waals surface area (Å²) in [6.07, 6.45) is 1.73. The van der Waals surface area contributed by atoms with E-state index >= 15 is 0 Å². The number of carbonyl (C=O) groups is 1. The molecule has 3 aromatic rings. The van der Waals surface area contributed by atoms with Crippen LogP contribution < -0.4 is 10.1 Å². The largest absolute Gasteiger partial charge is 0.497 e. The molecule has 6 nitrogen and oxygen atoms in total. The summed E-state index contributed by atoms with van der Waals surface area (Å²) in [5, 5.41) is 8.40. The average molecular weight is 380 g/mol. The van der Waals surface area contributed by atoms with Gasteiger partial charge < -0.3 is 10.1 Å². The first-order valence-electron chi connectivity index (χ1n) is 9.61. The van der Waals surface area contributed by atoms with Gasteiger partial charge in [-0.25, -0.2) is 9.67 Å². The molecule has 0 bridgehead atoms. The number of ether oxygens (including phenoxy) is 1. The number of aromatic nitrogens is 3. The predicted octanol–water partition coefficient (Wildman–Crippen LogP) is 4.46. The fourth-order valence-corrected chi connectivity index (χ4v) is 3.37. The molecule has 28 heavy (non-hydrogen) atoms. The van der Waals surface area contributed by atoms with Gasteiger partial charge in [0, 0.05) is 11.7 Å². The molecule has 2 heterocycles. The van der Waals surface area contributed by atoms with Crippen LogP contribution in [0.15, 0.2) is 36.5 Å². The third kappa shape index (κ3) is 3.86. The Kier molecular flexibility index (Phi) is 5.68. The van der Waals surface area contributed by atoms with Gasteiger partial charge in [-0.15, -0.1) is 0 Å². The minimum absolute atomic E-state index is 0.109. The van der Waals surface area contributed by atoms with E-state index in [2.05, 4.69) is 43.1 Å². The van der Waals surface area contributed by atoms with Crippen LogP contribution in [0.5, 0.6) is 5.75 Å². The maximum atomic E-state index is 13.2. The molecular weight excluding hydrogens is 352 g/mol. The summed E-state index contributed by atoms with van der Waals surface area (Å²) in [5.74, 6) is 0.910. The molecule has 1 atom stereocenters.